The first kappa shape index (κ1) is 30.0. The van der Waals surface area contributed by atoms with Gasteiger partial charge in [-0.05, 0) is 11.6 Å². The van der Waals surface area contributed by atoms with Crippen molar-refractivity contribution in [1.82, 2.24) is 4.90 Å². The first-order chi connectivity index (χ1) is 18.5. The van der Waals surface area contributed by atoms with Crippen molar-refractivity contribution in [2.75, 3.05) is 6.61 Å². The van der Waals surface area contributed by atoms with Gasteiger partial charge in [-0.3, -0.25) is 28.9 Å². The smallest absolute Gasteiger partial charge is 0.303 e. The topological polar surface area (TPSA) is 135 Å². The second kappa shape index (κ2) is 13.5. The van der Waals surface area contributed by atoms with Crippen LogP contribution in [0.15, 0.2) is 47.4 Å². The Labute approximate surface area is 234 Å². The highest BCUT2D eigenvalue weighted by Gasteiger charge is 2.56. The number of rotatable bonds is 8. The minimum absolute atomic E-state index is 0.0836. The highest BCUT2D eigenvalue weighted by atomic mass is 32.2. The van der Waals surface area contributed by atoms with Gasteiger partial charge in [0.15, 0.2) is 28.9 Å². The number of ether oxygens (including phenoxy) is 5. The molecule has 5 atom stereocenters. The quantitative estimate of drug-likeness (QED) is 0.194. The van der Waals surface area contributed by atoms with Crippen LogP contribution < -0.4 is 0 Å². The second-order valence-electron chi connectivity index (χ2n) is 8.43. The van der Waals surface area contributed by atoms with Crippen molar-refractivity contribution in [2.45, 2.75) is 58.3 Å². The molecule has 0 N–H and O–H groups in total. The van der Waals surface area contributed by atoms with Crippen molar-refractivity contribution in [2.24, 2.45) is 0 Å². The van der Waals surface area contributed by atoms with Crippen molar-refractivity contribution in [3.8, 4) is 0 Å². The molecule has 11 nitrogen and oxygen atoms in total. The Morgan fingerprint density at radius 2 is 1.51 bits per heavy atom. The van der Waals surface area contributed by atoms with E-state index in [1.54, 1.807) is 18.2 Å². The molecule has 0 bridgehead atoms. The standard InChI is InChI=1S/C26H27NO10S2/c1-14(28)33-13-19-21(34-15(2)29)22(35-16(3)30)23(36-17(4)31)25(37-19)27-24(32)20(39-26(27)38)12-8-11-18-9-6-5-7-10-18/h5-12,19,21-23,25H,13H2,1-4H3/b11-8+,20-12+/t19-,21+,22+,23+,25-/m0/s1. The molecule has 1 aromatic rings. The molecule has 208 valence electrons. The first-order valence-electron chi connectivity index (χ1n) is 11.8. The number of thioether (sulfide) groups is 1. The van der Waals surface area contributed by atoms with Crippen LogP contribution in [0.2, 0.25) is 0 Å². The fourth-order valence-electron chi connectivity index (χ4n) is 3.94. The van der Waals surface area contributed by atoms with Gasteiger partial charge in [0.2, 0.25) is 0 Å². The molecule has 13 heteroatoms. The van der Waals surface area contributed by atoms with E-state index in [0.29, 0.717) is 0 Å². The highest BCUT2D eigenvalue weighted by Crippen LogP contribution is 2.38. The number of benzene rings is 1. The number of carbonyl (C=O) groups excluding carboxylic acids is 5. The summed E-state index contributed by atoms with van der Waals surface area (Å²) in [5.41, 5.74) is 0.920. The molecule has 0 saturated carbocycles. The molecule has 1 amide bonds. The molecular formula is C26H27NO10S2. The molecule has 2 saturated heterocycles. The lowest BCUT2D eigenvalue weighted by molar-refractivity contribution is -0.268. The maximum absolute atomic E-state index is 13.5. The predicted molar refractivity (Wildman–Crippen MR) is 143 cm³/mol. The lowest BCUT2D eigenvalue weighted by Crippen LogP contribution is -2.66. The zero-order valence-electron chi connectivity index (χ0n) is 21.6. The van der Waals surface area contributed by atoms with E-state index < -0.39 is 67.0 Å². The van der Waals surface area contributed by atoms with Crippen molar-refractivity contribution < 1.29 is 47.7 Å². The summed E-state index contributed by atoms with van der Waals surface area (Å²) in [4.78, 5) is 62.4. The summed E-state index contributed by atoms with van der Waals surface area (Å²) in [6, 6.07) is 9.43. The molecule has 2 fully saturated rings. The minimum Gasteiger partial charge on any atom is -0.463 e. The van der Waals surface area contributed by atoms with Crippen LogP contribution >= 0.6 is 24.0 Å². The van der Waals surface area contributed by atoms with E-state index >= 15 is 0 Å². The average molecular weight is 578 g/mol. The van der Waals surface area contributed by atoms with Crippen molar-refractivity contribution in [1.29, 1.82) is 0 Å². The normalized spacial score (nSPS) is 26.0. The second-order valence-corrected chi connectivity index (χ2v) is 10.1. The number of amides is 1. The van der Waals surface area contributed by atoms with Crippen LogP contribution in [-0.2, 0) is 47.7 Å². The molecule has 3 rings (SSSR count). The third kappa shape index (κ3) is 7.97. The van der Waals surface area contributed by atoms with Crippen molar-refractivity contribution in [3.05, 3.63) is 53.0 Å². The Bertz CT molecular complexity index is 1200. The number of allylic oxidation sites excluding steroid dienone is 2. The van der Waals surface area contributed by atoms with Gasteiger partial charge in [-0.2, -0.15) is 0 Å². The van der Waals surface area contributed by atoms with E-state index in [-0.39, 0.29) is 9.23 Å². The lowest BCUT2D eigenvalue weighted by Gasteiger charge is -2.46. The summed E-state index contributed by atoms with van der Waals surface area (Å²) in [6.45, 7) is 4.10. The minimum atomic E-state index is -1.44. The molecule has 1 aromatic carbocycles. The molecule has 2 heterocycles. The molecule has 2 aliphatic rings. The zero-order chi connectivity index (χ0) is 28.7. The van der Waals surface area contributed by atoms with E-state index in [0.717, 1.165) is 43.0 Å². The largest absolute Gasteiger partial charge is 0.463 e. The van der Waals surface area contributed by atoms with Gasteiger partial charge < -0.3 is 23.7 Å². The van der Waals surface area contributed by atoms with Gasteiger partial charge >= 0.3 is 23.9 Å². The first-order valence-corrected chi connectivity index (χ1v) is 13.0. The molecule has 0 unspecified atom stereocenters. The summed E-state index contributed by atoms with van der Waals surface area (Å²) in [5.74, 6) is -3.52. The van der Waals surface area contributed by atoms with E-state index in [1.165, 1.54) is 6.92 Å². The number of hydrogen-bond acceptors (Lipinski definition) is 12. The summed E-state index contributed by atoms with van der Waals surface area (Å²) >= 11 is 6.46. The molecule has 0 aromatic heterocycles. The fourth-order valence-corrected chi connectivity index (χ4v) is 5.20. The van der Waals surface area contributed by atoms with Crippen LogP contribution in [0.5, 0.6) is 0 Å². The van der Waals surface area contributed by atoms with Crippen molar-refractivity contribution >= 4 is 64.2 Å². The van der Waals surface area contributed by atoms with Gasteiger partial charge in [-0.1, -0.05) is 66.5 Å². The lowest BCUT2D eigenvalue weighted by atomic mass is 9.96. The van der Waals surface area contributed by atoms with Gasteiger partial charge in [0.05, 0.1) is 4.91 Å². The molecule has 0 aliphatic carbocycles. The van der Waals surface area contributed by atoms with Gasteiger partial charge in [0.1, 0.15) is 12.7 Å². The number of esters is 4. The van der Waals surface area contributed by atoms with Gasteiger partial charge in [-0.25, -0.2) is 0 Å². The Hall–Kier alpha value is -3.55. The number of hydrogen-bond donors (Lipinski definition) is 0. The monoisotopic (exact) mass is 577 g/mol. The van der Waals surface area contributed by atoms with Crippen LogP contribution in [0.4, 0.5) is 0 Å². The Balaban J connectivity index is 1.99. The Morgan fingerprint density at radius 3 is 2.10 bits per heavy atom. The number of thiocarbonyl (C=S) groups is 1. The zero-order valence-corrected chi connectivity index (χ0v) is 23.2. The third-order valence-electron chi connectivity index (χ3n) is 5.38. The maximum atomic E-state index is 13.5. The van der Waals surface area contributed by atoms with E-state index in [2.05, 4.69) is 0 Å². The van der Waals surface area contributed by atoms with Crippen LogP contribution in [0.1, 0.15) is 33.3 Å². The van der Waals surface area contributed by atoms with Crippen LogP contribution in [0, 0.1) is 0 Å². The molecule has 39 heavy (non-hydrogen) atoms. The summed E-state index contributed by atoms with van der Waals surface area (Å²) < 4.78 is 27.5. The third-order valence-corrected chi connectivity index (χ3v) is 6.73. The molecule has 0 spiro atoms. The Kier molecular flexibility index (Phi) is 10.4. The van der Waals surface area contributed by atoms with Gasteiger partial charge in [-0.15, -0.1) is 0 Å². The van der Waals surface area contributed by atoms with Crippen LogP contribution in [0.25, 0.3) is 6.08 Å². The molecule has 2 aliphatic heterocycles. The van der Waals surface area contributed by atoms with E-state index in [9.17, 15) is 24.0 Å². The van der Waals surface area contributed by atoms with E-state index in [4.69, 9.17) is 35.9 Å². The SMILES string of the molecule is CC(=O)OC[C@@H]1O[C@H](N2C(=O)/C(=C\C=C\c3ccccc3)SC2=S)[C@H](OC(C)=O)[C@H](OC(C)=O)[C@@H]1OC(C)=O. The van der Waals surface area contributed by atoms with E-state index in [1.807, 2.05) is 30.3 Å². The van der Waals surface area contributed by atoms with Gasteiger partial charge in [0.25, 0.3) is 5.91 Å². The van der Waals surface area contributed by atoms with Crippen LogP contribution in [0.3, 0.4) is 0 Å². The molecular weight excluding hydrogens is 550 g/mol. The number of nitrogens with zero attached hydrogens (tertiary/aromatic N) is 1. The maximum Gasteiger partial charge on any atom is 0.303 e. The predicted octanol–water partition coefficient (Wildman–Crippen LogP) is 2.53. The van der Waals surface area contributed by atoms with Crippen molar-refractivity contribution in [3.63, 3.8) is 0 Å². The summed E-state index contributed by atoms with van der Waals surface area (Å²) in [7, 11) is 0. The summed E-state index contributed by atoms with van der Waals surface area (Å²) in [6.07, 6.45) is -1.72. The number of carbonyl (C=O) groups is 5. The average Bonchev–Trinajstić information content (AvgIpc) is 3.13. The fraction of sp³-hybridized carbons (Fsp3) is 0.385. The van der Waals surface area contributed by atoms with Gasteiger partial charge in [0, 0.05) is 27.7 Å². The highest BCUT2D eigenvalue weighted by molar-refractivity contribution is 8.26. The molecule has 0 radical (unpaired) electrons. The van der Waals surface area contributed by atoms with Crippen LogP contribution in [-0.4, -0.2) is 76.3 Å². The Morgan fingerprint density at radius 1 is 0.923 bits per heavy atom. The summed E-state index contributed by atoms with van der Waals surface area (Å²) in [5, 5.41) is 0.